The Morgan fingerprint density at radius 1 is 1.76 bits per heavy atom. The Bertz CT molecular complexity index is 415. The van der Waals surface area contributed by atoms with Crippen LogP contribution in [0.4, 0.5) is 0 Å². The molecule has 0 aliphatic heterocycles. The van der Waals surface area contributed by atoms with E-state index in [1.807, 2.05) is 24.7 Å². The Balaban J connectivity index is 1.97. The molecule has 1 aromatic rings. The molecule has 1 atom stereocenters. The average Bonchev–Trinajstić information content (AvgIpc) is 2.97. The van der Waals surface area contributed by atoms with Crippen LogP contribution >= 0.6 is 11.8 Å². The number of nitrogens with zero attached hydrogens (tertiary/aromatic N) is 2. The van der Waals surface area contributed by atoms with Crippen molar-refractivity contribution in [3.8, 4) is 0 Å². The SMILES string of the molecule is Cn1ccnc1SCC(C)(NC1CC1)C(N)=O. The van der Waals surface area contributed by atoms with Crippen molar-refractivity contribution in [3.63, 3.8) is 0 Å². The first kappa shape index (κ1) is 12.4. The van der Waals surface area contributed by atoms with Crippen LogP contribution in [0.15, 0.2) is 17.6 Å². The topological polar surface area (TPSA) is 72.9 Å². The summed E-state index contributed by atoms with van der Waals surface area (Å²) in [5.74, 6) is 0.301. The highest BCUT2D eigenvalue weighted by Gasteiger charge is 2.37. The van der Waals surface area contributed by atoms with Crippen molar-refractivity contribution >= 4 is 17.7 Å². The van der Waals surface area contributed by atoms with Crippen LogP contribution in [0.5, 0.6) is 0 Å². The molecule has 1 heterocycles. The molecule has 1 aliphatic carbocycles. The summed E-state index contributed by atoms with van der Waals surface area (Å²) in [5, 5.41) is 4.21. The van der Waals surface area contributed by atoms with E-state index in [4.69, 9.17) is 5.73 Å². The molecule has 1 saturated carbocycles. The zero-order valence-corrected chi connectivity index (χ0v) is 11.0. The highest BCUT2D eigenvalue weighted by atomic mass is 32.2. The highest BCUT2D eigenvalue weighted by Crippen LogP contribution is 2.26. The summed E-state index contributed by atoms with van der Waals surface area (Å²) < 4.78 is 1.93. The number of aryl methyl sites for hydroxylation is 1. The summed E-state index contributed by atoms with van der Waals surface area (Å²) in [7, 11) is 1.94. The minimum atomic E-state index is -0.655. The molecule has 2 rings (SSSR count). The normalized spacial score (nSPS) is 18.9. The fourth-order valence-corrected chi connectivity index (χ4v) is 2.61. The van der Waals surface area contributed by atoms with Gasteiger partial charge in [0.2, 0.25) is 5.91 Å². The molecule has 0 saturated heterocycles. The standard InChI is InChI=1S/C11H18N4OS/c1-11(9(12)16,14-8-3-4-8)7-17-10-13-5-6-15(10)2/h5-6,8,14H,3-4,7H2,1-2H3,(H2,12,16). The Hall–Kier alpha value is -1.01. The molecule has 1 amide bonds. The molecule has 0 spiro atoms. The van der Waals surface area contributed by atoms with Crippen LogP contribution < -0.4 is 11.1 Å². The quantitative estimate of drug-likeness (QED) is 0.725. The van der Waals surface area contributed by atoms with E-state index in [1.54, 1.807) is 18.0 Å². The van der Waals surface area contributed by atoms with E-state index in [0.29, 0.717) is 11.8 Å². The first-order valence-electron chi connectivity index (χ1n) is 5.69. The maximum atomic E-state index is 11.5. The Morgan fingerprint density at radius 3 is 2.94 bits per heavy atom. The molecule has 1 aliphatic rings. The lowest BCUT2D eigenvalue weighted by Gasteiger charge is -2.27. The smallest absolute Gasteiger partial charge is 0.238 e. The van der Waals surface area contributed by atoms with Crippen LogP contribution in [0.2, 0.25) is 0 Å². The van der Waals surface area contributed by atoms with Crippen molar-refractivity contribution in [1.29, 1.82) is 0 Å². The molecule has 0 bridgehead atoms. The number of carbonyl (C=O) groups excluding carboxylic acids is 1. The number of hydrogen-bond acceptors (Lipinski definition) is 4. The number of amides is 1. The number of hydrogen-bond donors (Lipinski definition) is 2. The van der Waals surface area contributed by atoms with Crippen molar-refractivity contribution in [2.75, 3.05) is 5.75 Å². The molecule has 0 radical (unpaired) electrons. The molecule has 94 valence electrons. The Labute approximate surface area is 105 Å². The molecule has 0 aromatic carbocycles. The third kappa shape index (κ3) is 3.01. The lowest BCUT2D eigenvalue weighted by Crippen LogP contribution is -2.56. The van der Waals surface area contributed by atoms with Gasteiger partial charge in [-0.15, -0.1) is 0 Å². The van der Waals surface area contributed by atoms with E-state index in [1.165, 1.54) is 0 Å². The molecule has 1 unspecified atom stereocenters. The summed E-state index contributed by atoms with van der Waals surface area (Å²) in [6, 6.07) is 0.453. The molecule has 3 N–H and O–H groups in total. The summed E-state index contributed by atoms with van der Waals surface area (Å²) in [6.45, 7) is 1.86. The van der Waals surface area contributed by atoms with Crippen LogP contribution in [-0.4, -0.2) is 32.8 Å². The number of primary amides is 1. The fourth-order valence-electron chi connectivity index (χ4n) is 1.56. The molecule has 1 aromatic heterocycles. The van der Waals surface area contributed by atoms with E-state index >= 15 is 0 Å². The molecule has 17 heavy (non-hydrogen) atoms. The zero-order chi connectivity index (χ0) is 12.5. The third-order valence-electron chi connectivity index (χ3n) is 2.91. The number of nitrogens with one attached hydrogen (secondary N) is 1. The second kappa shape index (κ2) is 4.70. The minimum Gasteiger partial charge on any atom is -0.368 e. The van der Waals surface area contributed by atoms with Crippen molar-refractivity contribution in [2.24, 2.45) is 12.8 Å². The number of carbonyl (C=O) groups is 1. The minimum absolute atomic E-state index is 0.300. The van der Waals surface area contributed by atoms with Crippen LogP contribution in [0.1, 0.15) is 19.8 Å². The van der Waals surface area contributed by atoms with Gasteiger partial charge in [-0.05, 0) is 19.8 Å². The first-order chi connectivity index (χ1) is 8.01. The van der Waals surface area contributed by atoms with Gasteiger partial charge in [-0.3, -0.25) is 4.79 Å². The molecule has 1 fully saturated rings. The van der Waals surface area contributed by atoms with Gasteiger partial charge in [0, 0.05) is 31.2 Å². The molecule has 6 heteroatoms. The van der Waals surface area contributed by atoms with Crippen molar-refractivity contribution < 1.29 is 4.79 Å². The summed E-state index contributed by atoms with van der Waals surface area (Å²) in [4.78, 5) is 15.8. The number of aromatic nitrogens is 2. The third-order valence-corrected chi connectivity index (χ3v) is 4.28. The van der Waals surface area contributed by atoms with E-state index < -0.39 is 5.54 Å². The van der Waals surface area contributed by atoms with Gasteiger partial charge in [-0.2, -0.15) is 0 Å². The molecule has 5 nitrogen and oxygen atoms in total. The van der Waals surface area contributed by atoms with Crippen molar-refractivity contribution in [1.82, 2.24) is 14.9 Å². The van der Waals surface area contributed by atoms with Crippen molar-refractivity contribution in [2.45, 2.75) is 36.5 Å². The van der Waals surface area contributed by atoms with E-state index in [2.05, 4.69) is 10.3 Å². The second-order valence-electron chi connectivity index (χ2n) is 4.72. The predicted molar refractivity (Wildman–Crippen MR) is 67.7 cm³/mol. The maximum Gasteiger partial charge on any atom is 0.238 e. The van der Waals surface area contributed by atoms with Crippen molar-refractivity contribution in [3.05, 3.63) is 12.4 Å². The van der Waals surface area contributed by atoms with Gasteiger partial charge < -0.3 is 15.6 Å². The number of thioether (sulfide) groups is 1. The van der Waals surface area contributed by atoms with Gasteiger partial charge in [0.25, 0.3) is 0 Å². The molecular weight excluding hydrogens is 236 g/mol. The van der Waals surface area contributed by atoms with Crippen LogP contribution in [0.3, 0.4) is 0 Å². The molecular formula is C11H18N4OS. The summed E-state index contributed by atoms with van der Waals surface area (Å²) >= 11 is 1.55. The van der Waals surface area contributed by atoms with Crippen LogP contribution in [0.25, 0.3) is 0 Å². The number of rotatable bonds is 6. The zero-order valence-electron chi connectivity index (χ0n) is 10.1. The average molecular weight is 254 g/mol. The van der Waals surface area contributed by atoms with Gasteiger partial charge in [0.1, 0.15) is 5.54 Å². The van der Waals surface area contributed by atoms with Crippen LogP contribution in [-0.2, 0) is 11.8 Å². The van der Waals surface area contributed by atoms with Gasteiger partial charge in [-0.25, -0.2) is 4.98 Å². The van der Waals surface area contributed by atoms with Gasteiger partial charge in [0.05, 0.1) is 0 Å². The summed E-state index contributed by atoms with van der Waals surface area (Å²) in [6.07, 6.45) is 5.91. The van der Waals surface area contributed by atoms with E-state index in [9.17, 15) is 4.79 Å². The summed E-state index contributed by atoms with van der Waals surface area (Å²) in [5.41, 5.74) is 4.83. The monoisotopic (exact) mass is 254 g/mol. The first-order valence-corrected chi connectivity index (χ1v) is 6.67. The highest BCUT2D eigenvalue weighted by molar-refractivity contribution is 7.99. The predicted octanol–water partition coefficient (Wildman–Crippen LogP) is 0.508. The maximum absolute atomic E-state index is 11.5. The Kier molecular flexibility index (Phi) is 3.44. The van der Waals surface area contributed by atoms with Gasteiger partial charge >= 0.3 is 0 Å². The largest absolute Gasteiger partial charge is 0.368 e. The number of nitrogens with two attached hydrogens (primary N) is 1. The van der Waals surface area contributed by atoms with Gasteiger partial charge in [0.15, 0.2) is 5.16 Å². The van der Waals surface area contributed by atoms with Crippen LogP contribution in [0, 0.1) is 0 Å². The van der Waals surface area contributed by atoms with E-state index in [0.717, 1.165) is 18.0 Å². The number of imidazole rings is 1. The Morgan fingerprint density at radius 2 is 2.47 bits per heavy atom. The van der Waals surface area contributed by atoms with E-state index in [-0.39, 0.29) is 5.91 Å². The van der Waals surface area contributed by atoms with Gasteiger partial charge in [-0.1, -0.05) is 11.8 Å². The lowest BCUT2D eigenvalue weighted by atomic mass is 10.1. The lowest BCUT2D eigenvalue weighted by molar-refractivity contribution is -0.123. The fraction of sp³-hybridized carbons (Fsp3) is 0.636. The second-order valence-corrected chi connectivity index (χ2v) is 5.67.